The molecule has 1 aromatic carbocycles. The molecular formula is C19H27NO5. The van der Waals surface area contributed by atoms with Crippen molar-refractivity contribution >= 4 is 11.9 Å². The molecule has 0 aliphatic heterocycles. The average Bonchev–Trinajstić information content (AvgIpc) is 2.56. The molecule has 6 heteroatoms. The van der Waals surface area contributed by atoms with Gasteiger partial charge in [-0.25, -0.2) is 0 Å². The smallest absolute Gasteiger partial charge is 0.306 e. The third-order valence-corrected chi connectivity index (χ3v) is 3.36. The topological polar surface area (TPSA) is 84.9 Å². The number of benzene rings is 1. The SMILES string of the molecule is C=CCc1ccccc1OCC(CNC(C)C)OC(=O)CCC(=O)O. The summed E-state index contributed by atoms with van der Waals surface area (Å²) >= 11 is 0. The van der Waals surface area contributed by atoms with Crippen LogP contribution in [0.15, 0.2) is 36.9 Å². The maximum Gasteiger partial charge on any atom is 0.306 e. The quantitative estimate of drug-likeness (QED) is 0.446. The van der Waals surface area contributed by atoms with Crippen LogP contribution in [0.5, 0.6) is 5.75 Å². The Hall–Kier alpha value is -2.34. The number of rotatable bonds is 12. The van der Waals surface area contributed by atoms with Crippen molar-refractivity contribution in [3.63, 3.8) is 0 Å². The average molecular weight is 349 g/mol. The number of carboxylic acid groups (broad SMARTS) is 1. The standard InChI is InChI=1S/C19H27NO5/c1-4-7-15-8-5-6-9-17(15)24-13-16(12-20-14(2)3)25-19(23)11-10-18(21)22/h4-6,8-9,14,16,20H,1,7,10-13H2,2-3H3,(H,21,22). The zero-order chi connectivity index (χ0) is 18.7. The number of ether oxygens (including phenoxy) is 2. The third-order valence-electron chi connectivity index (χ3n) is 3.36. The molecule has 0 saturated carbocycles. The van der Waals surface area contributed by atoms with Crippen LogP contribution in [0.1, 0.15) is 32.3 Å². The van der Waals surface area contributed by atoms with Gasteiger partial charge in [-0.3, -0.25) is 9.59 Å². The van der Waals surface area contributed by atoms with Crippen molar-refractivity contribution in [1.82, 2.24) is 5.32 Å². The molecule has 1 aromatic rings. The van der Waals surface area contributed by atoms with Gasteiger partial charge in [-0.1, -0.05) is 38.1 Å². The molecule has 0 aromatic heterocycles. The molecule has 25 heavy (non-hydrogen) atoms. The van der Waals surface area contributed by atoms with E-state index in [1.165, 1.54) is 0 Å². The number of nitrogens with one attached hydrogen (secondary N) is 1. The predicted molar refractivity (Wildman–Crippen MR) is 95.7 cm³/mol. The number of carboxylic acids is 1. The van der Waals surface area contributed by atoms with Crippen molar-refractivity contribution in [1.29, 1.82) is 0 Å². The summed E-state index contributed by atoms with van der Waals surface area (Å²) in [4.78, 5) is 22.4. The molecule has 2 N–H and O–H groups in total. The number of carbonyl (C=O) groups excluding carboxylic acids is 1. The predicted octanol–water partition coefficient (Wildman–Crippen LogP) is 2.57. The second-order valence-electron chi connectivity index (χ2n) is 5.98. The van der Waals surface area contributed by atoms with Crippen molar-refractivity contribution in [3.05, 3.63) is 42.5 Å². The van der Waals surface area contributed by atoms with E-state index in [2.05, 4.69) is 11.9 Å². The van der Waals surface area contributed by atoms with Crippen molar-refractivity contribution in [3.8, 4) is 5.75 Å². The van der Waals surface area contributed by atoms with Gasteiger partial charge in [-0.15, -0.1) is 6.58 Å². The molecule has 0 amide bonds. The fraction of sp³-hybridized carbons (Fsp3) is 0.474. The van der Waals surface area contributed by atoms with Gasteiger partial charge in [0.05, 0.1) is 12.8 Å². The van der Waals surface area contributed by atoms with E-state index >= 15 is 0 Å². The van der Waals surface area contributed by atoms with E-state index in [1.807, 2.05) is 38.1 Å². The van der Waals surface area contributed by atoms with Crippen LogP contribution in [0.4, 0.5) is 0 Å². The highest BCUT2D eigenvalue weighted by Gasteiger charge is 2.17. The van der Waals surface area contributed by atoms with E-state index in [1.54, 1.807) is 6.08 Å². The molecule has 0 heterocycles. The first-order valence-corrected chi connectivity index (χ1v) is 8.38. The van der Waals surface area contributed by atoms with Crippen LogP contribution in [-0.4, -0.2) is 42.3 Å². The number of hydrogen-bond acceptors (Lipinski definition) is 5. The van der Waals surface area contributed by atoms with Crippen LogP contribution in [0.25, 0.3) is 0 Å². The van der Waals surface area contributed by atoms with Gasteiger partial charge < -0.3 is 19.9 Å². The Bertz CT molecular complexity index is 571. The van der Waals surface area contributed by atoms with Gasteiger partial charge in [0.1, 0.15) is 18.5 Å². The largest absolute Gasteiger partial charge is 0.489 e. The molecule has 0 fully saturated rings. The van der Waals surface area contributed by atoms with Crippen molar-refractivity contribution in [2.75, 3.05) is 13.2 Å². The lowest BCUT2D eigenvalue weighted by atomic mass is 10.1. The highest BCUT2D eigenvalue weighted by molar-refractivity contribution is 5.76. The fourth-order valence-electron chi connectivity index (χ4n) is 2.11. The summed E-state index contributed by atoms with van der Waals surface area (Å²) in [5, 5.41) is 11.9. The van der Waals surface area contributed by atoms with Crippen LogP contribution in [0, 0.1) is 0 Å². The highest BCUT2D eigenvalue weighted by atomic mass is 16.6. The summed E-state index contributed by atoms with van der Waals surface area (Å²) in [6.07, 6.45) is 1.59. The van der Waals surface area contributed by atoms with E-state index < -0.39 is 18.0 Å². The minimum absolute atomic E-state index is 0.152. The van der Waals surface area contributed by atoms with Gasteiger partial charge in [-0.05, 0) is 18.1 Å². The maximum absolute atomic E-state index is 11.8. The normalized spacial score (nSPS) is 11.8. The lowest BCUT2D eigenvalue weighted by molar-refractivity contribution is -0.153. The molecule has 0 spiro atoms. The van der Waals surface area contributed by atoms with E-state index in [0.717, 1.165) is 11.3 Å². The van der Waals surface area contributed by atoms with Crippen LogP contribution in [0.2, 0.25) is 0 Å². The molecule has 138 valence electrons. The van der Waals surface area contributed by atoms with Crippen molar-refractivity contribution in [2.24, 2.45) is 0 Å². The van der Waals surface area contributed by atoms with Crippen molar-refractivity contribution < 1.29 is 24.2 Å². The van der Waals surface area contributed by atoms with Crippen LogP contribution in [0.3, 0.4) is 0 Å². The molecule has 1 atom stereocenters. The van der Waals surface area contributed by atoms with Crippen LogP contribution >= 0.6 is 0 Å². The molecule has 1 unspecified atom stereocenters. The van der Waals surface area contributed by atoms with Gasteiger partial charge in [0.25, 0.3) is 0 Å². The van der Waals surface area contributed by atoms with Gasteiger partial charge in [0.2, 0.25) is 0 Å². The van der Waals surface area contributed by atoms with Crippen LogP contribution in [-0.2, 0) is 20.7 Å². The maximum atomic E-state index is 11.8. The monoisotopic (exact) mass is 349 g/mol. The minimum atomic E-state index is -1.02. The molecule has 0 aliphatic rings. The van der Waals surface area contributed by atoms with Gasteiger partial charge in [0, 0.05) is 12.6 Å². The van der Waals surface area contributed by atoms with E-state index in [-0.39, 0.29) is 25.5 Å². The summed E-state index contributed by atoms with van der Waals surface area (Å²) < 4.78 is 11.2. The lowest BCUT2D eigenvalue weighted by Crippen LogP contribution is -2.38. The van der Waals surface area contributed by atoms with E-state index in [0.29, 0.717) is 13.0 Å². The Morgan fingerprint density at radius 1 is 1.28 bits per heavy atom. The molecule has 0 aliphatic carbocycles. The molecule has 0 radical (unpaired) electrons. The van der Waals surface area contributed by atoms with Crippen molar-refractivity contribution in [2.45, 2.75) is 45.3 Å². The van der Waals surface area contributed by atoms with Gasteiger partial charge >= 0.3 is 11.9 Å². The Morgan fingerprint density at radius 2 is 2.00 bits per heavy atom. The first kappa shape index (κ1) is 20.7. The molecule has 0 saturated heterocycles. The van der Waals surface area contributed by atoms with E-state index in [4.69, 9.17) is 14.6 Å². The number of esters is 1. The van der Waals surface area contributed by atoms with Crippen LogP contribution < -0.4 is 10.1 Å². The summed E-state index contributed by atoms with van der Waals surface area (Å²) in [5.74, 6) is -0.845. The molecule has 1 rings (SSSR count). The number of aliphatic carboxylic acids is 1. The second kappa shape index (κ2) is 11.3. The first-order chi connectivity index (χ1) is 11.9. The number of allylic oxidation sites excluding steroid dienone is 1. The number of para-hydroxylation sites is 1. The summed E-state index contributed by atoms with van der Waals surface area (Å²) in [6.45, 7) is 8.33. The summed E-state index contributed by atoms with van der Waals surface area (Å²) in [7, 11) is 0. The van der Waals surface area contributed by atoms with Gasteiger partial charge in [0.15, 0.2) is 0 Å². The Kier molecular flexibility index (Phi) is 9.32. The Labute approximate surface area is 148 Å². The second-order valence-corrected chi connectivity index (χ2v) is 5.98. The van der Waals surface area contributed by atoms with E-state index in [9.17, 15) is 9.59 Å². The number of carbonyl (C=O) groups is 2. The molecular weight excluding hydrogens is 322 g/mol. The molecule has 6 nitrogen and oxygen atoms in total. The lowest BCUT2D eigenvalue weighted by Gasteiger charge is -2.21. The first-order valence-electron chi connectivity index (χ1n) is 8.38. The fourth-order valence-corrected chi connectivity index (χ4v) is 2.11. The Balaban J connectivity index is 2.65. The summed E-state index contributed by atoms with van der Waals surface area (Å²) in [6, 6.07) is 7.85. The zero-order valence-corrected chi connectivity index (χ0v) is 14.9. The Morgan fingerprint density at radius 3 is 2.64 bits per heavy atom. The summed E-state index contributed by atoms with van der Waals surface area (Å²) in [5.41, 5.74) is 1.00. The third kappa shape index (κ3) is 8.91. The molecule has 0 bridgehead atoms. The minimum Gasteiger partial charge on any atom is -0.489 e. The zero-order valence-electron chi connectivity index (χ0n) is 14.9. The highest BCUT2D eigenvalue weighted by Crippen LogP contribution is 2.19. The van der Waals surface area contributed by atoms with Gasteiger partial charge in [-0.2, -0.15) is 0 Å². The number of hydrogen-bond donors (Lipinski definition) is 2.